The zero-order valence-electron chi connectivity index (χ0n) is 12.2. The molecule has 2 N–H and O–H groups in total. The van der Waals surface area contributed by atoms with Crippen LogP contribution in [-0.2, 0) is 0 Å². The molecule has 0 amide bonds. The fourth-order valence-corrected chi connectivity index (χ4v) is 5.88. The molecule has 2 heteroatoms. The second-order valence-electron chi connectivity index (χ2n) is 7.91. The topological polar surface area (TPSA) is 24.1 Å². The maximum absolute atomic E-state index is 3.98. The molecular formula is C17H30N2. The van der Waals surface area contributed by atoms with Crippen molar-refractivity contribution in [2.75, 3.05) is 19.6 Å². The molecule has 108 valence electrons. The van der Waals surface area contributed by atoms with Gasteiger partial charge in [0.25, 0.3) is 0 Å². The van der Waals surface area contributed by atoms with Crippen molar-refractivity contribution in [3.63, 3.8) is 0 Å². The van der Waals surface area contributed by atoms with Gasteiger partial charge in [-0.15, -0.1) is 0 Å². The fraction of sp³-hybridized carbons (Fsp3) is 1.00. The Labute approximate surface area is 118 Å². The van der Waals surface area contributed by atoms with Crippen LogP contribution in [0.4, 0.5) is 0 Å². The highest BCUT2D eigenvalue weighted by Crippen LogP contribution is 2.53. The van der Waals surface area contributed by atoms with E-state index in [9.17, 15) is 0 Å². The zero-order valence-corrected chi connectivity index (χ0v) is 12.2. The molecule has 1 unspecified atom stereocenters. The summed E-state index contributed by atoms with van der Waals surface area (Å²) in [5.41, 5.74) is 0. The number of piperidine rings is 1. The van der Waals surface area contributed by atoms with Crippen LogP contribution >= 0.6 is 0 Å². The lowest BCUT2D eigenvalue weighted by molar-refractivity contribution is -0.0139. The summed E-state index contributed by atoms with van der Waals surface area (Å²) in [6.45, 7) is 3.79. The lowest BCUT2D eigenvalue weighted by Gasteiger charge is -2.54. The van der Waals surface area contributed by atoms with Crippen LogP contribution in [0.1, 0.15) is 51.4 Å². The van der Waals surface area contributed by atoms with E-state index in [0.29, 0.717) is 0 Å². The molecule has 19 heavy (non-hydrogen) atoms. The third kappa shape index (κ3) is 2.58. The summed E-state index contributed by atoms with van der Waals surface area (Å²) in [7, 11) is 0. The SMILES string of the molecule is C1CNCC(CCNC2C3CC4CC(C3)CC2C4)C1. The molecule has 4 bridgehead atoms. The van der Waals surface area contributed by atoms with Gasteiger partial charge in [0.1, 0.15) is 0 Å². The van der Waals surface area contributed by atoms with Crippen LogP contribution < -0.4 is 10.6 Å². The van der Waals surface area contributed by atoms with Gasteiger partial charge < -0.3 is 10.6 Å². The van der Waals surface area contributed by atoms with Gasteiger partial charge in [0.15, 0.2) is 0 Å². The Morgan fingerprint density at radius 2 is 1.68 bits per heavy atom. The standard InChI is InChI=1S/C17H30N2/c1-2-12(11-18-4-1)3-5-19-17-15-7-13-6-14(9-15)10-16(17)8-13/h12-19H,1-11H2. The molecule has 2 nitrogen and oxygen atoms in total. The van der Waals surface area contributed by atoms with E-state index in [0.717, 1.165) is 35.6 Å². The van der Waals surface area contributed by atoms with Gasteiger partial charge in [0, 0.05) is 6.04 Å². The lowest BCUT2D eigenvalue weighted by atomic mass is 9.54. The molecule has 5 aliphatic rings. The zero-order chi connectivity index (χ0) is 12.7. The highest BCUT2D eigenvalue weighted by atomic mass is 14.9. The van der Waals surface area contributed by atoms with E-state index < -0.39 is 0 Å². The first-order valence-electron chi connectivity index (χ1n) is 8.82. The van der Waals surface area contributed by atoms with Gasteiger partial charge in [-0.25, -0.2) is 0 Å². The van der Waals surface area contributed by atoms with Crippen molar-refractivity contribution in [2.45, 2.75) is 57.4 Å². The third-order valence-electron chi connectivity index (χ3n) is 6.56. The van der Waals surface area contributed by atoms with E-state index in [1.54, 1.807) is 32.1 Å². The predicted octanol–water partition coefficient (Wildman–Crippen LogP) is 2.79. The lowest BCUT2D eigenvalue weighted by Crippen LogP contribution is -2.54. The Kier molecular flexibility index (Phi) is 3.57. The molecule has 5 fully saturated rings. The van der Waals surface area contributed by atoms with Crippen LogP contribution in [0.25, 0.3) is 0 Å². The van der Waals surface area contributed by atoms with Crippen LogP contribution in [0.5, 0.6) is 0 Å². The monoisotopic (exact) mass is 262 g/mol. The molecule has 4 saturated carbocycles. The molecule has 0 radical (unpaired) electrons. The van der Waals surface area contributed by atoms with E-state index in [4.69, 9.17) is 0 Å². The number of nitrogens with one attached hydrogen (secondary N) is 2. The van der Waals surface area contributed by atoms with Crippen molar-refractivity contribution in [1.29, 1.82) is 0 Å². The Balaban J connectivity index is 1.26. The Hall–Kier alpha value is -0.0800. The smallest absolute Gasteiger partial charge is 0.0124 e. The van der Waals surface area contributed by atoms with Crippen molar-refractivity contribution in [3.8, 4) is 0 Å². The molecule has 0 aromatic heterocycles. The highest BCUT2D eigenvalue weighted by molar-refractivity contribution is 5.01. The number of hydrogen-bond donors (Lipinski definition) is 2. The van der Waals surface area contributed by atoms with Crippen LogP contribution in [0, 0.1) is 29.6 Å². The first kappa shape index (κ1) is 12.6. The molecule has 1 saturated heterocycles. The summed E-state index contributed by atoms with van der Waals surface area (Å²) in [4.78, 5) is 0. The molecule has 0 spiro atoms. The summed E-state index contributed by atoms with van der Waals surface area (Å²) < 4.78 is 0. The van der Waals surface area contributed by atoms with Gasteiger partial charge in [-0.05, 0) is 101 Å². The Morgan fingerprint density at radius 3 is 2.32 bits per heavy atom. The molecule has 1 aliphatic heterocycles. The van der Waals surface area contributed by atoms with Crippen LogP contribution in [0.15, 0.2) is 0 Å². The Morgan fingerprint density at radius 1 is 0.947 bits per heavy atom. The van der Waals surface area contributed by atoms with Gasteiger partial charge >= 0.3 is 0 Å². The van der Waals surface area contributed by atoms with E-state index in [2.05, 4.69) is 10.6 Å². The van der Waals surface area contributed by atoms with Crippen molar-refractivity contribution in [1.82, 2.24) is 10.6 Å². The van der Waals surface area contributed by atoms with Crippen LogP contribution in [0.2, 0.25) is 0 Å². The van der Waals surface area contributed by atoms with Gasteiger partial charge in [0.05, 0.1) is 0 Å². The quantitative estimate of drug-likeness (QED) is 0.814. The minimum atomic E-state index is 0.893. The summed E-state index contributed by atoms with van der Waals surface area (Å²) in [5.74, 6) is 5.26. The second kappa shape index (κ2) is 5.37. The average Bonchev–Trinajstić information content (AvgIpc) is 2.42. The number of hydrogen-bond acceptors (Lipinski definition) is 2. The summed E-state index contributed by atoms with van der Waals surface area (Å²) in [6.07, 6.45) is 12.0. The van der Waals surface area contributed by atoms with E-state index in [1.165, 1.54) is 38.9 Å². The molecule has 1 heterocycles. The van der Waals surface area contributed by atoms with Gasteiger partial charge in [-0.3, -0.25) is 0 Å². The fourth-order valence-electron chi connectivity index (χ4n) is 5.88. The van der Waals surface area contributed by atoms with Gasteiger partial charge in [-0.1, -0.05) is 0 Å². The molecule has 4 aliphatic carbocycles. The Bertz CT molecular complexity index is 280. The summed E-state index contributed by atoms with van der Waals surface area (Å²) in [5, 5.41) is 7.53. The first-order valence-corrected chi connectivity index (χ1v) is 8.82. The van der Waals surface area contributed by atoms with Crippen LogP contribution in [-0.4, -0.2) is 25.7 Å². The molecular weight excluding hydrogens is 232 g/mol. The predicted molar refractivity (Wildman–Crippen MR) is 79.0 cm³/mol. The average molecular weight is 262 g/mol. The summed E-state index contributed by atoms with van der Waals surface area (Å²) >= 11 is 0. The second-order valence-corrected chi connectivity index (χ2v) is 7.91. The minimum absolute atomic E-state index is 0.893. The number of rotatable bonds is 4. The minimum Gasteiger partial charge on any atom is -0.316 e. The van der Waals surface area contributed by atoms with Crippen molar-refractivity contribution < 1.29 is 0 Å². The first-order chi connectivity index (χ1) is 9.38. The van der Waals surface area contributed by atoms with Gasteiger partial charge in [0.2, 0.25) is 0 Å². The van der Waals surface area contributed by atoms with Gasteiger partial charge in [-0.2, -0.15) is 0 Å². The van der Waals surface area contributed by atoms with Crippen molar-refractivity contribution >= 4 is 0 Å². The third-order valence-corrected chi connectivity index (χ3v) is 6.56. The maximum Gasteiger partial charge on any atom is 0.0124 e. The largest absolute Gasteiger partial charge is 0.316 e. The normalized spacial score (nSPS) is 48.6. The molecule has 1 atom stereocenters. The summed E-state index contributed by atoms with van der Waals surface area (Å²) in [6, 6.07) is 0.893. The highest BCUT2D eigenvalue weighted by Gasteiger charge is 2.47. The maximum atomic E-state index is 3.98. The molecule has 0 aromatic rings. The van der Waals surface area contributed by atoms with E-state index in [1.807, 2.05) is 0 Å². The van der Waals surface area contributed by atoms with E-state index >= 15 is 0 Å². The molecule has 0 aromatic carbocycles. The molecule has 5 rings (SSSR count). The van der Waals surface area contributed by atoms with E-state index in [-0.39, 0.29) is 0 Å². The van der Waals surface area contributed by atoms with Crippen molar-refractivity contribution in [3.05, 3.63) is 0 Å². The van der Waals surface area contributed by atoms with Crippen molar-refractivity contribution in [2.24, 2.45) is 29.6 Å². The van der Waals surface area contributed by atoms with Crippen LogP contribution in [0.3, 0.4) is 0 Å².